The van der Waals surface area contributed by atoms with Crippen LogP contribution in [0.3, 0.4) is 0 Å². The second kappa shape index (κ2) is 11.1. The Kier molecular flexibility index (Phi) is 7.93. The van der Waals surface area contributed by atoms with Crippen LogP contribution in [0.15, 0.2) is 72.6 Å². The van der Waals surface area contributed by atoms with E-state index in [0.29, 0.717) is 34.5 Å². The minimum atomic E-state index is -0.266. The summed E-state index contributed by atoms with van der Waals surface area (Å²) in [4.78, 5) is 31.1. The summed E-state index contributed by atoms with van der Waals surface area (Å²) in [5, 5.41) is 3.14. The molecule has 4 rings (SSSR count). The Balaban J connectivity index is 1.52. The van der Waals surface area contributed by atoms with E-state index in [2.05, 4.69) is 6.58 Å². The monoisotopic (exact) mass is 514 g/mol. The van der Waals surface area contributed by atoms with E-state index in [4.69, 9.17) is 27.9 Å². The first-order chi connectivity index (χ1) is 16.5. The van der Waals surface area contributed by atoms with Gasteiger partial charge in [0, 0.05) is 33.6 Å². The molecule has 0 N–H and O–H groups in total. The molecule has 2 aromatic carbocycles. The van der Waals surface area contributed by atoms with Gasteiger partial charge in [-0.2, -0.15) is 0 Å². The fraction of sp³-hybridized carbons (Fsp3) is 0.231. The Labute approximate surface area is 213 Å². The number of amides is 2. The first kappa shape index (κ1) is 24.3. The van der Waals surface area contributed by atoms with Gasteiger partial charge in [0.1, 0.15) is 18.9 Å². The summed E-state index contributed by atoms with van der Waals surface area (Å²) in [6.45, 7) is 4.81. The highest BCUT2D eigenvalue weighted by Gasteiger charge is 2.33. The number of thiophene rings is 1. The highest BCUT2D eigenvalue weighted by atomic mass is 35.5. The zero-order chi connectivity index (χ0) is 24.1. The Hall–Kier alpha value is -2.80. The van der Waals surface area contributed by atoms with Gasteiger partial charge >= 0.3 is 0 Å². The summed E-state index contributed by atoms with van der Waals surface area (Å²) in [6, 6.07) is 15.7. The van der Waals surface area contributed by atoms with Crippen molar-refractivity contribution in [2.24, 2.45) is 0 Å². The van der Waals surface area contributed by atoms with E-state index in [9.17, 15) is 9.59 Å². The molecule has 1 aliphatic heterocycles. The van der Waals surface area contributed by atoms with Gasteiger partial charge in [0.05, 0.1) is 6.04 Å². The van der Waals surface area contributed by atoms with Crippen LogP contribution in [0.25, 0.3) is 0 Å². The molecule has 176 valence electrons. The number of carbonyl (C=O) groups excluding carboxylic acids is 2. The average Bonchev–Trinajstić information content (AvgIpc) is 3.32. The number of carbonyl (C=O) groups is 2. The third-order valence-electron chi connectivity index (χ3n) is 5.67. The Morgan fingerprint density at radius 1 is 1.15 bits per heavy atom. The summed E-state index contributed by atoms with van der Waals surface area (Å²) in [5.74, 6) is 0.278. The SMILES string of the molecule is C=CCN(CC(=O)N1CCc2sccc2C1COc1ccc(Cl)cc1)C(=O)c1cccc(Cl)c1. The van der Waals surface area contributed by atoms with Crippen molar-refractivity contribution < 1.29 is 14.3 Å². The molecule has 2 amide bonds. The maximum absolute atomic E-state index is 13.5. The minimum Gasteiger partial charge on any atom is -0.491 e. The quantitative estimate of drug-likeness (QED) is 0.352. The van der Waals surface area contributed by atoms with Gasteiger partial charge in [-0.1, -0.05) is 35.3 Å². The van der Waals surface area contributed by atoms with E-state index >= 15 is 0 Å². The molecule has 0 aliphatic carbocycles. The molecule has 0 bridgehead atoms. The molecule has 0 saturated carbocycles. The zero-order valence-electron chi connectivity index (χ0n) is 18.5. The molecule has 0 fully saturated rings. The van der Waals surface area contributed by atoms with Crippen LogP contribution < -0.4 is 4.74 Å². The van der Waals surface area contributed by atoms with Gasteiger partial charge in [0.25, 0.3) is 5.91 Å². The number of rotatable bonds is 8. The van der Waals surface area contributed by atoms with Crippen molar-refractivity contribution in [1.29, 1.82) is 0 Å². The second-order valence-electron chi connectivity index (χ2n) is 7.90. The Morgan fingerprint density at radius 2 is 1.94 bits per heavy atom. The van der Waals surface area contributed by atoms with Crippen LogP contribution >= 0.6 is 34.5 Å². The summed E-state index contributed by atoms with van der Waals surface area (Å²) >= 11 is 13.7. The molecule has 3 aromatic rings. The largest absolute Gasteiger partial charge is 0.491 e. The Morgan fingerprint density at radius 3 is 2.68 bits per heavy atom. The maximum atomic E-state index is 13.5. The van der Waals surface area contributed by atoms with Crippen LogP contribution in [0.4, 0.5) is 0 Å². The number of hydrogen-bond donors (Lipinski definition) is 0. The van der Waals surface area contributed by atoms with Crippen molar-refractivity contribution in [3.63, 3.8) is 0 Å². The highest BCUT2D eigenvalue weighted by molar-refractivity contribution is 7.10. The van der Waals surface area contributed by atoms with Crippen molar-refractivity contribution in [2.75, 3.05) is 26.2 Å². The van der Waals surface area contributed by atoms with Gasteiger partial charge in [-0.25, -0.2) is 0 Å². The fourth-order valence-electron chi connectivity index (χ4n) is 4.01. The predicted molar refractivity (Wildman–Crippen MR) is 137 cm³/mol. The van der Waals surface area contributed by atoms with Crippen molar-refractivity contribution in [1.82, 2.24) is 9.80 Å². The number of ether oxygens (including phenoxy) is 1. The third kappa shape index (κ3) is 5.63. The van der Waals surface area contributed by atoms with E-state index in [1.807, 2.05) is 16.3 Å². The molecule has 1 atom stereocenters. The van der Waals surface area contributed by atoms with E-state index in [0.717, 1.165) is 12.0 Å². The third-order valence-corrected chi connectivity index (χ3v) is 7.15. The topological polar surface area (TPSA) is 49.9 Å². The lowest BCUT2D eigenvalue weighted by Crippen LogP contribution is -2.47. The van der Waals surface area contributed by atoms with Crippen LogP contribution in [-0.2, 0) is 11.2 Å². The molecule has 1 aromatic heterocycles. The summed E-state index contributed by atoms with van der Waals surface area (Å²) in [6.07, 6.45) is 2.39. The molecular formula is C26H24Cl2N2O3S. The second-order valence-corrected chi connectivity index (χ2v) is 9.78. The number of hydrogen-bond acceptors (Lipinski definition) is 4. The molecule has 34 heavy (non-hydrogen) atoms. The van der Waals surface area contributed by atoms with E-state index in [1.54, 1.807) is 65.9 Å². The lowest BCUT2D eigenvalue weighted by molar-refractivity contribution is -0.135. The Bertz CT molecular complexity index is 1180. The molecule has 1 aliphatic rings. The summed E-state index contributed by atoms with van der Waals surface area (Å²) in [5.41, 5.74) is 1.53. The molecule has 1 unspecified atom stereocenters. The first-order valence-electron chi connectivity index (χ1n) is 10.9. The van der Waals surface area contributed by atoms with Gasteiger partial charge in [0.15, 0.2) is 0 Å². The van der Waals surface area contributed by atoms with Crippen molar-refractivity contribution in [3.8, 4) is 5.75 Å². The molecule has 8 heteroatoms. The number of nitrogens with zero attached hydrogens (tertiary/aromatic N) is 2. The average molecular weight is 515 g/mol. The van der Waals surface area contributed by atoms with Gasteiger partial charge in [-0.15, -0.1) is 17.9 Å². The molecule has 5 nitrogen and oxygen atoms in total. The standard InChI is InChI=1S/C26H24Cl2N2O3S/c1-2-12-29(26(32)18-4-3-5-20(28)15-18)16-25(31)30-13-10-24-22(11-14-34-24)23(30)17-33-21-8-6-19(27)7-9-21/h2-9,11,14-15,23H,1,10,12-13,16-17H2. The van der Waals surface area contributed by atoms with Gasteiger partial charge in [-0.3, -0.25) is 9.59 Å². The van der Waals surface area contributed by atoms with Crippen LogP contribution in [0, 0.1) is 0 Å². The summed E-state index contributed by atoms with van der Waals surface area (Å²) < 4.78 is 6.03. The van der Waals surface area contributed by atoms with Crippen molar-refractivity contribution in [2.45, 2.75) is 12.5 Å². The van der Waals surface area contributed by atoms with E-state index in [1.165, 1.54) is 9.78 Å². The van der Waals surface area contributed by atoms with Crippen LogP contribution in [0.5, 0.6) is 5.75 Å². The number of benzene rings is 2. The molecule has 0 radical (unpaired) electrons. The van der Waals surface area contributed by atoms with E-state index in [-0.39, 0.29) is 30.9 Å². The molecular weight excluding hydrogens is 491 g/mol. The highest BCUT2D eigenvalue weighted by Crippen LogP contribution is 2.34. The number of halogens is 2. The first-order valence-corrected chi connectivity index (χ1v) is 12.5. The van der Waals surface area contributed by atoms with Crippen LogP contribution in [0.1, 0.15) is 26.8 Å². The lowest BCUT2D eigenvalue weighted by Gasteiger charge is -2.37. The molecule has 0 saturated heterocycles. The summed E-state index contributed by atoms with van der Waals surface area (Å²) in [7, 11) is 0. The molecule has 0 spiro atoms. The smallest absolute Gasteiger partial charge is 0.254 e. The van der Waals surface area contributed by atoms with Crippen LogP contribution in [-0.4, -0.2) is 47.9 Å². The van der Waals surface area contributed by atoms with Crippen molar-refractivity contribution >= 4 is 46.4 Å². The normalized spacial score (nSPS) is 14.9. The molecule has 2 heterocycles. The van der Waals surface area contributed by atoms with Gasteiger partial charge in [0.2, 0.25) is 5.91 Å². The maximum Gasteiger partial charge on any atom is 0.254 e. The number of fused-ring (bicyclic) bond motifs is 1. The van der Waals surface area contributed by atoms with Crippen molar-refractivity contribution in [3.05, 3.63) is 98.7 Å². The minimum absolute atomic E-state index is 0.0612. The van der Waals surface area contributed by atoms with E-state index < -0.39 is 0 Å². The fourth-order valence-corrected chi connectivity index (χ4v) is 5.26. The zero-order valence-corrected chi connectivity index (χ0v) is 20.8. The lowest BCUT2D eigenvalue weighted by atomic mass is 10.0. The van der Waals surface area contributed by atoms with Gasteiger partial charge in [-0.05, 0) is 65.9 Å². The van der Waals surface area contributed by atoms with Gasteiger partial charge < -0.3 is 14.5 Å². The van der Waals surface area contributed by atoms with Crippen LogP contribution in [0.2, 0.25) is 10.0 Å². The predicted octanol–water partition coefficient (Wildman–Crippen LogP) is 5.89.